The predicted octanol–water partition coefficient (Wildman–Crippen LogP) is 4.02. The maximum atomic E-state index is 12.8. The standard InChI is InChI=1S/C24H31N3O5S/c1-15(2)32-24(29)26-14-17(4)27(18(5)28)21-10-8-20(13-22(21)26)19-9-11-23(16(3)12-19)33(30,31)25(6)7/h8-13,15,17H,14H2,1-7H3/t17-/m0/s1. The van der Waals surface area contributed by atoms with Gasteiger partial charge in [0.05, 0.1) is 28.4 Å². The Morgan fingerprint density at radius 2 is 1.67 bits per heavy atom. The second-order valence-corrected chi connectivity index (χ2v) is 10.9. The lowest BCUT2D eigenvalue weighted by Crippen LogP contribution is -2.51. The van der Waals surface area contributed by atoms with Crippen molar-refractivity contribution in [2.24, 2.45) is 0 Å². The fourth-order valence-electron chi connectivity index (χ4n) is 4.04. The van der Waals surface area contributed by atoms with Crippen LogP contribution >= 0.6 is 0 Å². The second-order valence-electron chi connectivity index (χ2n) is 8.75. The van der Waals surface area contributed by atoms with Gasteiger partial charge in [0.2, 0.25) is 15.9 Å². The Labute approximate surface area is 195 Å². The minimum absolute atomic E-state index is 0.109. The van der Waals surface area contributed by atoms with Gasteiger partial charge in [0.25, 0.3) is 0 Å². The van der Waals surface area contributed by atoms with Gasteiger partial charge in [-0.25, -0.2) is 17.5 Å². The quantitative estimate of drug-likeness (QED) is 0.669. The molecule has 33 heavy (non-hydrogen) atoms. The van der Waals surface area contributed by atoms with Gasteiger partial charge in [-0.1, -0.05) is 18.2 Å². The summed E-state index contributed by atoms with van der Waals surface area (Å²) in [7, 11) is -0.558. The molecule has 0 saturated heterocycles. The average molecular weight is 474 g/mol. The van der Waals surface area contributed by atoms with Crippen molar-refractivity contribution in [2.45, 2.75) is 51.7 Å². The molecular formula is C24H31N3O5S. The van der Waals surface area contributed by atoms with Crippen molar-refractivity contribution in [3.63, 3.8) is 0 Å². The van der Waals surface area contributed by atoms with Gasteiger partial charge >= 0.3 is 6.09 Å². The zero-order valence-corrected chi connectivity index (χ0v) is 20.9. The Bertz CT molecular complexity index is 1190. The molecule has 0 unspecified atom stereocenters. The van der Waals surface area contributed by atoms with Crippen molar-refractivity contribution >= 4 is 33.4 Å². The van der Waals surface area contributed by atoms with E-state index in [1.54, 1.807) is 42.7 Å². The SMILES string of the molecule is CC(=O)N1c2ccc(-c3ccc(S(=O)(=O)N(C)C)c(C)c3)cc2N(C(=O)OC(C)C)C[C@@H]1C. The minimum Gasteiger partial charge on any atom is -0.446 e. The van der Waals surface area contributed by atoms with Gasteiger partial charge < -0.3 is 9.64 Å². The summed E-state index contributed by atoms with van der Waals surface area (Å²) in [6.45, 7) is 9.03. The van der Waals surface area contributed by atoms with E-state index in [0.29, 0.717) is 23.5 Å². The van der Waals surface area contributed by atoms with Crippen molar-refractivity contribution in [1.29, 1.82) is 0 Å². The van der Waals surface area contributed by atoms with Crippen molar-refractivity contribution in [2.75, 3.05) is 30.4 Å². The number of rotatable bonds is 4. The first-order valence-electron chi connectivity index (χ1n) is 10.8. The zero-order chi connectivity index (χ0) is 24.7. The van der Waals surface area contributed by atoms with Gasteiger partial charge in [-0.2, -0.15) is 0 Å². The third-order valence-electron chi connectivity index (χ3n) is 5.58. The summed E-state index contributed by atoms with van der Waals surface area (Å²) >= 11 is 0. The Morgan fingerprint density at radius 1 is 1.06 bits per heavy atom. The normalized spacial score (nSPS) is 16.2. The monoisotopic (exact) mass is 473 g/mol. The van der Waals surface area contributed by atoms with E-state index in [1.165, 1.54) is 25.3 Å². The molecule has 2 amide bonds. The highest BCUT2D eigenvalue weighted by atomic mass is 32.2. The van der Waals surface area contributed by atoms with Crippen molar-refractivity contribution in [1.82, 2.24) is 4.31 Å². The Morgan fingerprint density at radius 3 is 2.21 bits per heavy atom. The van der Waals surface area contributed by atoms with Crippen molar-refractivity contribution in [3.05, 3.63) is 42.0 Å². The molecule has 1 heterocycles. The molecule has 178 valence electrons. The number of carbonyl (C=O) groups excluding carboxylic acids is 2. The number of benzene rings is 2. The molecule has 0 spiro atoms. The van der Waals surface area contributed by atoms with Gasteiger partial charge in [-0.3, -0.25) is 9.69 Å². The van der Waals surface area contributed by atoms with Crippen LogP contribution in [-0.2, 0) is 19.6 Å². The highest BCUT2D eigenvalue weighted by Gasteiger charge is 2.35. The van der Waals surface area contributed by atoms with E-state index >= 15 is 0 Å². The van der Waals surface area contributed by atoms with Crippen LogP contribution < -0.4 is 9.80 Å². The van der Waals surface area contributed by atoms with Crippen molar-refractivity contribution < 1.29 is 22.7 Å². The summed E-state index contributed by atoms with van der Waals surface area (Å²) in [5.41, 5.74) is 3.43. The van der Waals surface area contributed by atoms with E-state index in [9.17, 15) is 18.0 Å². The topological polar surface area (TPSA) is 87.2 Å². The molecule has 0 fully saturated rings. The van der Waals surface area contributed by atoms with Crippen molar-refractivity contribution in [3.8, 4) is 11.1 Å². The molecule has 1 aliphatic rings. The molecule has 0 bridgehead atoms. The van der Waals surface area contributed by atoms with Crippen LogP contribution in [0, 0.1) is 6.92 Å². The lowest BCUT2D eigenvalue weighted by atomic mass is 9.99. The van der Waals surface area contributed by atoms with Crippen LogP contribution in [-0.4, -0.2) is 57.5 Å². The van der Waals surface area contributed by atoms with E-state index in [4.69, 9.17) is 4.74 Å². The summed E-state index contributed by atoms with van der Waals surface area (Å²) in [5, 5.41) is 0. The largest absolute Gasteiger partial charge is 0.446 e. The molecule has 1 atom stereocenters. The molecule has 1 aliphatic heterocycles. The van der Waals surface area contributed by atoms with Gasteiger partial charge in [0.15, 0.2) is 0 Å². The molecule has 0 N–H and O–H groups in total. The number of nitrogens with zero attached hydrogens (tertiary/aromatic N) is 3. The maximum absolute atomic E-state index is 12.8. The van der Waals surface area contributed by atoms with Gasteiger partial charge in [-0.15, -0.1) is 0 Å². The molecule has 9 heteroatoms. The number of amides is 2. The van der Waals surface area contributed by atoms with Gasteiger partial charge in [-0.05, 0) is 62.6 Å². The van der Waals surface area contributed by atoms with E-state index < -0.39 is 16.1 Å². The van der Waals surface area contributed by atoms with Crippen LogP contribution in [0.15, 0.2) is 41.3 Å². The Balaban J connectivity index is 2.11. The molecule has 2 aromatic rings. The molecule has 3 rings (SSSR count). The number of carbonyl (C=O) groups is 2. The first kappa shape index (κ1) is 24.7. The van der Waals surface area contributed by atoms with E-state index in [0.717, 1.165) is 11.1 Å². The van der Waals surface area contributed by atoms with Crippen LogP contribution in [0.5, 0.6) is 0 Å². The number of hydrogen-bond donors (Lipinski definition) is 0. The summed E-state index contributed by atoms with van der Waals surface area (Å²) < 4.78 is 31.7. The van der Waals surface area contributed by atoms with Gasteiger partial charge in [0, 0.05) is 27.6 Å². The minimum atomic E-state index is -3.56. The fourth-order valence-corrected chi connectivity index (χ4v) is 5.14. The summed E-state index contributed by atoms with van der Waals surface area (Å²) in [5.74, 6) is -0.109. The molecule has 8 nitrogen and oxygen atoms in total. The van der Waals surface area contributed by atoms with E-state index in [-0.39, 0.29) is 22.9 Å². The summed E-state index contributed by atoms with van der Waals surface area (Å²) in [6.07, 6.45) is -0.749. The zero-order valence-electron chi connectivity index (χ0n) is 20.1. The lowest BCUT2D eigenvalue weighted by Gasteiger charge is -2.40. The average Bonchev–Trinajstić information content (AvgIpc) is 2.71. The predicted molar refractivity (Wildman–Crippen MR) is 129 cm³/mol. The third kappa shape index (κ3) is 4.74. The number of aryl methyl sites for hydroxylation is 1. The smallest absolute Gasteiger partial charge is 0.414 e. The molecule has 0 aromatic heterocycles. The molecule has 0 saturated carbocycles. The molecular weight excluding hydrogens is 442 g/mol. The third-order valence-corrected chi connectivity index (χ3v) is 7.55. The van der Waals surface area contributed by atoms with Crippen LogP contribution in [0.4, 0.5) is 16.2 Å². The summed E-state index contributed by atoms with van der Waals surface area (Å²) in [6, 6.07) is 10.5. The highest BCUT2D eigenvalue weighted by molar-refractivity contribution is 7.89. The molecule has 0 aliphatic carbocycles. The Hall–Kier alpha value is -2.91. The first-order valence-corrected chi connectivity index (χ1v) is 12.2. The number of fused-ring (bicyclic) bond motifs is 1. The van der Waals surface area contributed by atoms with Crippen LogP contribution in [0.3, 0.4) is 0 Å². The van der Waals surface area contributed by atoms with Crippen LogP contribution in [0.1, 0.15) is 33.3 Å². The first-order chi connectivity index (χ1) is 15.3. The molecule has 2 aromatic carbocycles. The van der Waals surface area contributed by atoms with Gasteiger partial charge in [0.1, 0.15) is 0 Å². The second kappa shape index (κ2) is 9.15. The summed E-state index contributed by atoms with van der Waals surface area (Å²) in [4.78, 5) is 28.7. The molecule has 0 radical (unpaired) electrons. The number of anilines is 2. The number of hydrogen-bond acceptors (Lipinski definition) is 5. The number of ether oxygens (including phenoxy) is 1. The fraction of sp³-hybridized carbons (Fsp3) is 0.417. The number of sulfonamides is 1. The van der Waals surface area contributed by atoms with E-state index in [1.807, 2.05) is 31.2 Å². The Kier molecular flexibility index (Phi) is 6.85. The van der Waals surface area contributed by atoms with Crippen LogP contribution in [0.25, 0.3) is 11.1 Å². The van der Waals surface area contributed by atoms with E-state index in [2.05, 4.69) is 0 Å². The van der Waals surface area contributed by atoms with Crippen LogP contribution in [0.2, 0.25) is 0 Å². The maximum Gasteiger partial charge on any atom is 0.414 e. The highest BCUT2D eigenvalue weighted by Crippen LogP contribution is 2.39. The lowest BCUT2D eigenvalue weighted by molar-refractivity contribution is -0.117.